The molecule has 6 nitrogen and oxygen atoms in total. The lowest BCUT2D eigenvalue weighted by atomic mass is 9.83. The second-order valence-corrected chi connectivity index (χ2v) is 4.92. The van der Waals surface area contributed by atoms with Crippen LogP contribution in [0.1, 0.15) is 36.0 Å². The Morgan fingerprint density at radius 3 is 2.70 bits per heavy atom. The van der Waals surface area contributed by atoms with Crippen LogP contribution in [0.15, 0.2) is 12.1 Å². The molecular weight excluding hydrogens is 267 g/mol. The van der Waals surface area contributed by atoms with Crippen molar-refractivity contribution in [3.63, 3.8) is 0 Å². The van der Waals surface area contributed by atoms with E-state index in [1.807, 2.05) is 0 Å². The maximum atomic E-state index is 13.6. The predicted octanol–water partition coefficient (Wildman–Crippen LogP) is 3.03. The minimum absolute atomic E-state index is 0.0248. The molecule has 1 aliphatic carbocycles. The number of halogens is 1. The monoisotopic (exact) mass is 282 g/mol. The van der Waals surface area contributed by atoms with Crippen molar-refractivity contribution in [3.8, 4) is 0 Å². The van der Waals surface area contributed by atoms with E-state index in [-0.39, 0.29) is 5.69 Å². The first-order chi connectivity index (χ1) is 9.49. The molecule has 1 aromatic rings. The van der Waals surface area contributed by atoms with Gasteiger partial charge < -0.3 is 10.4 Å². The van der Waals surface area contributed by atoms with Gasteiger partial charge in [-0.2, -0.15) is 0 Å². The van der Waals surface area contributed by atoms with Gasteiger partial charge in [0.05, 0.1) is 4.92 Å². The number of anilines is 1. The van der Waals surface area contributed by atoms with Crippen LogP contribution in [0.2, 0.25) is 0 Å². The number of hydrogen-bond acceptors (Lipinski definition) is 4. The zero-order valence-electron chi connectivity index (χ0n) is 10.8. The molecule has 0 saturated heterocycles. The van der Waals surface area contributed by atoms with E-state index in [9.17, 15) is 19.3 Å². The summed E-state index contributed by atoms with van der Waals surface area (Å²) >= 11 is 0. The summed E-state index contributed by atoms with van der Waals surface area (Å²) in [6.07, 6.45) is 4.42. The van der Waals surface area contributed by atoms with E-state index in [2.05, 4.69) is 5.32 Å². The lowest BCUT2D eigenvalue weighted by molar-refractivity contribution is -0.384. The molecule has 0 spiro atoms. The molecule has 1 fully saturated rings. The normalized spacial score (nSPS) is 14.7. The Hall–Kier alpha value is -2.18. The van der Waals surface area contributed by atoms with E-state index in [0.717, 1.165) is 31.4 Å². The highest BCUT2D eigenvalue weighted by atomic mass is 19.1. The van der Waals surface area contributed by atoms with Gasteiger partial charge in [-0.15, -0.1) is 0 Å². The SMILES string of the molecule is O=C(O)c1cc([N+](=O)[O-])c(NCCC2CCC2)cc1F. The molecule has 2 rings (SSSR count). The van der Waals surface area contributed by atoms with Gasteiger partial charge in [-0.1, -0.05) is 19.3 Å². The van der Waals surface area contributed by atoms with Gasteiger partial charge in [0.15, 0.2) is 0 Å². The molecular formula is C13H15FN2O4. The van der Waals surface area contributed by atoms with Crippen molar-refractivity contribution in [2.24, 2.45) is 5.92 Å². The first-order valence-corrected chi connectivity index (χ1v) is 6.44. The fourth-order valence-electron chi connectivity index (χ4n) is 2.21. The number of carboxylic acid groups (broad SMARTS) is 1. The molecule has 0 bridgehead atoms. The number of nitro groups is 1. The van der Waals surface area contributed by atoms with Gasteiger partial charge in [0.2, 0.25) is 0 Å². The third-order valence-corrected chi connectivity index (χ3v) is 3.61. The molecule has 0 unspecified atom stereocenters. The average Bonchev–Trinajstić information content (AvgIpc) is 2.31. The quantitative estimate of drug-likeness (QED) is 0.618. The Morgan fingerprint density at radius 1 is 1.50 bits per heavy atom. The van der Waals surface area contributed by atoms with E-state index in [0.29, 0.717) is 12.5 Å². The number of rotatable bonds is 6. The van der Waals surface area contributed by atoms with Gasteiger partial charge in [0, 0.05) is 18.7 Å². The second-order valence-electron chi connectivity index (χ2n) is 4.92. The summed E-state index contributed by atoms with van der Waals surface area (Å²) in [6.45, 7) is 0.511. The molecule has 7 heteroatoms. The van der Waals surface area contributed by atoms with Crippen LogP contribution in [-0.2, 0) is 0 Å². The minimum Gasteiger partial charge on any atom is -0.478 e. The minimum atomic E-state index is -1.52. The van der Waals surface area contributed by atoms with E-state index >= 15 is 0 Å². The third-order valence-electron chi connectivity index (χ3n) is 3.61. The van der Waals surface area contributed by atoms with Crippen molar-refractivity contribution in [3.05, 3.63) is 33.6 Å². The van der Waals surface area contributed by atoms with Crippen LogP contribution >= 0.6 is 0 Å². The molecule has 1 saturated carbocycles. The van der Waals surface area contributed by atoms with E-state index in [4.69, 9.17) is 5.11 Å². The number of nitrogens with one attached hydrogen (secondary N) is 1. The van der Waals surface area contributed by atoms with Crippen molar-refractivity contribution in [2.75, 3.05) is 11.9 Å². The summed E-state index contributed by atoms with van der Waals surface area (Å²) in [7, 11) is 0. The number of carbonyl (C=O) groups is 1. The Morgan fingerprint density at radius 2 is 2.20 bits per heavy atom. The molecule has 20 heavy (non-hydrogen) atoms. The standard InChI is InChI=1S/C13H15FN2O4/c14-10-7-11(15-5-4-8-2-1-3-8)12(16(19)20)6-9(10)13(17)18/h6-8,15H,1-5H2,(H,17,18). The van der Waals surface area contributed by atoms with Crippen molar-refractivity contribution >= 4 is 17.3 Å². The molecule has 1 aliphatic rings. The molecule has 0 radical (unpaired) electrons. The van der Waals surface area contributed by atoms with E-state index in [1.54, 1.807) is 0 Å². The number of carboxylic acids is 1. The van der Waals surface area contributed by atoms with E-state index < -0.39 is 28.0 Å². The first-order valence-electron chi connectivity index (χ1n) is 6.44. The lowest BCUT2D eigenvalue weighted by Gasteiger charge is -2.25. The van der Waals surface area contributed by atoms with Crippen LogP contribution in [0, 0.1) is 21.8 Å². The van der Waals surface area contributed by atoms with Crippen LogP contribution in [0.5, 0.6) is 0 Å². The maximum absolute atomic E-state index is 13.6. The highest BCUT2D eigenvalue weighted by Gasteiger charge is 2.22. The lowest BCUT2D eigenvalue weighted by Crippen LogP contribution is -2.16. The largest absolute Gasteiger partial charge is 0.478 e. The maximum Gasteiger partial charge on any atom is 0.338 e. The summed E-state index contributed by atoms with van der Waals surface area (Å²) in [5.74, 6) is -1.87. The summed E-state index contributed by atoms with van der Waals surface area (Å²) in [6, 6.07) is 1.63. The fourth-order valence-corrected chi connectivity index (χ4v) is 2.21. The van der Waals surface area contributed by atoms with Crippen molar-refractivity contribution in [1.29, 1.82) is 0 Å². The number of benzene rings is 1. The molecule has 0 amide bonds. The molecule has 108 valence electrons. The van der Waals surface area contributed by atoms with Gasteiger partial charge in [-0.3, -0.25) is 10.1 Å². The average molecular weight is 282 g/mol. The number of aromatic carboxylic acids is 1. The van der Waals surface area contributed by atoms with Crippen LogP contribution in [0.3, 0.4) is 0 Å². The van der Waals surface area contributed by atoms with Crippen LogP contribution in [0.4, 0.5) is 15.8 Å². The van der Waals surface area contributed by atoms with Crippen LogP contribution in [-0.4, -0.2) is 22.5 Å². The zero-order valence-corrected chi connectivity index (χ0v) is 10.8. The smallest absolute Gasteiger partial charge is 0.338 e. The summed E-state index contributed by atoms with van der Waals surface area (Å²) < 4.78 is 13.6. The van der Waals surface area contributed by atoms with Crippen LogP contribution < -0.4 is 5.32 Å². The van der Waals surface area contributed by atoms with Gasteiger partial charge in [-0.05, 0) is 12.3 Å². The Balaban J connectivity index is 2.15. The van der Waals surface area contributed by atoms with Crippen molar-refractivity contribution in [2.45, 2.75) is 25.7 Å². The Bertz CT molecular complexity index is 543. The summed E-state index contributed by atoms with van der Waals surface area (Å²) in [5, 5.41) is 22.5. The molecule has 0 aromatic heterocycles. The highest BCUT2D eigenvalue weighted by molar-refractivity contribution is 5.90. The molecule has 1 aromatic carbocycles. The fraction of sp³-hybridized carbons (Fsp3) is 0.462. The molecule has 0 aliphatic heterocycles. The molecule has 2 N–H and O–H groups in total. The van der Waals surface area contributed by atoms with Gasteiger partial charge >= 0.3 is 5.97 Å². The highest BCUT2D eigenvalue weighted by Crippen LogP contribution is 2.31. The first kappa shape index (κ1) is 14.2. The third kappa shape index (κ3) is 3.04. The van der Waals surface area contributed by atoms with Crippen molar-refractivity contribution in [1.82, 2.24) is 0 Å². The topological polar surface area (TPSA) is 92.5 Å². The predicted molar refractivity (Wildman–Crippen MR) is 70.5 cm³/mol. The number of nitro benzene ring substituents is 1. The Labute approximate surface area is 114 Å². The summed E-state index contributed by atoms with van der Waals surface area (Å²) in [4.78, 5) is 21.0. The van der Waals surface area contributed by atoms with Gasteiger partial charge in [0.1, 0.15) is 17.1 Å². The van der Waals surface area contributed by atoms with Crippen LogP contribution in [0.25, 0.3) is 0 Å². The van der Waals surface area contributed by atoms with E-state index in [1.165, 1.54) is 6.42 Å². The summed E-state index contributed by atoms with van der Waals surface area (Å²) in [5.41, 5.74) is -1.09. The zero-order chi connectivity index (χ0) is 14.7. The Kier molecular flexibility index (Phi) is 4.16. The van der Waals surface area contributed by atoms with Gasteiger partial charge in [0.25, 0.3) is 5.69 Å². The second kappa shape index (κ2) is 5.85. The molecule has 0 heterocycles. The van der Waals surface area contributed by atoms with Crippen molar-refractivity contribution < 1.29 is 19.2 Å². The van der Waals surface area contributed by atoms with Gasteiger partial charge in [-0.25, -0.2) is 9.18 Å². The molecule has 0 atom stereocenters. The number of hydrogen-bond donors (Lipinski definition) is 2. The number of nitrogens with zero attached hydrogens (tertiary/aromatic N) is 1.